The molecular weight excluding hydrogens is 457 g/mol. The van der Waals surface area contributed by atoms with E-state index in [-0.39, 0.29) is 39.0 Å². The molecule has 0 bridgehead atoms. The van der Waals surface area contributed by atoms with E-state index in [1.807, 2.05) is 13.8 Å². The molecule has 0 N–H and O–H groups in total. The number of hydrogen-bond donors (Lipinski definition) is 0. The second-order valence-electron chi connectivity index (χ2n) is 9.94. The van der Waals surface area contributed by atoms with Gasteiger partial charge in [0.25, 0.3) is 0 Å². The molecule has 31 heavy (non-hydrogen) atoms. The summed E-state index contributed by atoms with van der Waals surface area (Å²) in [7, 11) is 0. The van der Waals surface area contributed by atoms with E-state index in [0.29, 0.717) is 23.7 Å². The smallest absolute Gasteiger partial charge is 0.202 e. The average Bonchev–Trinajstić information content (AvgIpc) is 2.73. The maximum absolute atomic E-state index is 6.22. The summed E-state index contributed by atoms with van der Waals surface area (Å²) < 4.78 is 12.4. The van der Waals surface area contributed by atoms with Gasteiger partial charge in [-0.3, -0.25) is 0 Å². The van der Waals surface area contributed by atoms with E-state index in [2.05, 4.69) is 65.8 Å². The molecule has 0 aromatic heterocycles. The van der Waals surface area contributed by atoms with Crippen molar-refractivity contribution in [3.8, 4) is 5.75 Å². The van der Waals surface area contributed by atoms with Crippen LogP contribution in [-0.2, 0) is 37.4 Å². The fraction of sp³-hybridized carbons (Fsp3) is 0.786. The van der Waals surface area contributed by atoms with Crippen molar-refractivity contribution in [1.82, 2.24) is 0 Å². The summed E-state index contributed by atoms with van der Waals surface area (Å²) in [6, 6.07) is 8.76. The zero-order chi connectivity index (χ0) is 22.5. The van der Waals surface area contributed by atoms with Gasteiger partial charge in [-0.2, -0.15) is 0 Å². The molecule has 177 valence electrons. The molecular formula is C28H50O2Y. The van der Waals surface area contributed by atoms with Crippen LogP contribution in [0, 0.1) is 23.7 Å². The Labute approximate surface area is 219 Å². The molecule has 0 saturated heterocycles. The van der Waals surface area contributed by atoms with Crippen LogP contribution in [0.2, 0.25) is 0 Å². The van der Waals surface area contributed by atoms with Gasteiger partial charge in [0.1, 0.15) is 5.75 Å². The Morgan fingerprint density at radius 1 is 0.839 bits per heavy atom. The van der Waals surface area contributed by atoms with Crippen molar-refractivity contribution in [2.75, 3.05) is 6.61 Å². The molecule has 1 aliphatic carbocycles. The van der Waals surface area contributed by atoms with Gasteiger partial charge in [0.05, 0.1) is 6.61 Å². The van der Waals surface area contributed by atoms with Gasteiger partial charge in [-0.1, -0.05) is 99.6 Å². The van der Waals surface area contributed by atoms with E-state index in [9.17, 15) is 0 Å². The van der Waals surface area contributed by atoms with Crippen molar-refractivity contribution in [1.29, 1.82) is 0 Å². The summed E-state index contributed by atoms with van der Waals surface area (Å²) in [5, 5.41) is 0. The van der Waals surface area contributed by atoms with E-state index < -0.39 is 0 Å². The van der Waals surface area contributed by atoms with Gasteiger partial charge >= 0.3 is 0 Å². The largest absolute Gasteiger partial charge is 0.465 e. The van der Waals surface area contributed by atoms with E-state index in [0.717, 1.165) is 18.3 Å². The molecule has 1 radical (unpaired) electrons. The third-order valence-electron chi connectivity index (χ3n) is 6.17. The maximum atomic E-state index is 6.22. The maximum Gasteiger partial charge on any atom is 0.202 e. The molecule has 0 heterocycles. The van der Waals surface area contributed by atoms with Gasteiger partial charge in [-0.15, -0.1) is 0 Å². The first kappa shape index (κ1) is 31.1. The van der Waals surface area contributed by atoms with Crippen molar-refractivity contribution < 1.29 is 42.2 Å². The summed E-state index contributed by atoms with van der Waals surface area (Å²) >= 11 is 0. The molecule has 2 nitrogen and oxygen atoms in total. The SMILES string of the molecule is CC.CC(C)CC(c1ccc(OC(OCCC2CCCCC2)C(C)C)cc1)C(C)C.[Y]. The molecule has 1 saturated carbocycles. The third-order valence-corrected chi connectivity index (χ3v) is 6.17. The first-order chi connectivity index (χ1) is 14.4. The monoisotopic (exact) mass is 507 g/mol. The zero-order valence-electron chi connectivity index (χ0n) is 21.8. The van der Waals surface area contributed by atoms with Crippen molar-refractivity contribution in [3.05, 3.63) is 29.8 Å². The topological polar surface area (TPSA) is 18.5 Å². The van der Waals surface area contributed by atoms with Gasteiger partial charge < -0.3 is 9.47 Å². The standard InChI is InChI=1S/C26H44O2.C2H6.Y/c1-19(2)18-25(20(3)4)23-12-14-24(15-13-23)28-26(21(5)6)27-17-16-22-10-8-7-9-11-22;1-2;/h12-15,19-22,25-26H,7-11,16-18H2,1-6H3;1-2H3;. The Balaban J connectivity index is 0.00000291. The fourth-order valence-electron chi connectivity index (χ4n) is 4.42. The minimum absolute atomic E-state index is 0. The van der Waals surface area contributed by atoms with Crippen molar-refractivity contribution in [2.24, 2.45) is 23.7 Å². The second-order valence-corrected chi connectivity index (χ2v) is 9.94. The Kier molecular flexibility index (Phi) is 17.6. The molecule has 3 heteroatoms. The Morgan fingerprint density at radius 3 is 1.90 bits per heavy atom. The Morgan fingerprint density at radius 2 is 1.42 bits per heavy atom. The molecule has 1 aromatic carbocycles. The first-order valence-electron chi connectivity index (χ1n) is 12.7. The summed E-state index contributed by atoms with van der Waals surface area (Å²) in [6.45, 7) is 18.4. The van der Waals surface area contributed by atoms with Crippen LogP contribution in [0.4, 0.5) is 0 Å². The van der Waals surface area contributed by atoms with Crippen LogP contribution in [0.5, 0.6) is 5.75 Å². The molecule has 1 aliphatic rings. The summed E-state index contributed by atoms with van der Waals surface area (Å²) in [4.78, 5) is 0. The molecule has 0 aliphatic heterocycles. The minimum Gasteiger partial charge on any atom is -0.465 e. The number of ether oxygens (including phenoxy) is 2. The average molecular weight is 508 g/mol. The van der Waals surface area contributed by atoms with Gasteiger partial charge in [0, 0.05) is 38.6 Å². The molecule has 0 amide bonds. The Hall–Kier alpha value is 0.0839. The van der Waals surface area contributed by atoms with Crippen LogP contribution in [0.25, 0.3) is 0 Å². The van der Waals surface area contributed by atoms with Crippen LogP contribution in [0.3, 0.4) is 0 Å². The van der Waals surface area contributed by atoms with E-state index in [4.69, 9.17) is 9.47 Å². The number of rotatable bonds is 11. The molecule has 2 rings (SSSR count). The Bertz CT molecular complexity index is 532. The third kappa shape index (κ3) is 12.2. The molecule has 1 aromatic rings. The summed E-state index contributed by atoms with van der Waals surface area (Å²) in [5.41, 5.74) is 1.43. The van der Waals surface area contributed by atoms with Gasteiger partial charge in [-0.25, -0.2) is 0 Å². The molecule has 1 fully saturated rings. The van der Waals surface area contributed by atoms with E-state index in [1.165, 1.54) is 50.5 Å². The quantitative estimate of drug-likeness (QED) is 0.279. The van der Waals surface area contributed by atoms with Crippen LogP contribution in [-0.4, -0.2) is 12.9 Å². The predicted octanol–water partition coefficient (Wildman–Crippen LogP) is 8.84. The first-order valence-corrected chi connectivity index (χ1v) is 12.7. The van der Waals surface area contributed by atoms with Crippen LogP contribution in [0.1, 0.15) is 112 Å². The predicted molar refractivity (Wildman–Crippen MR) is 131 cm³/mol. The van der Waals surface area contributed by atoms with Crippen LogP contribution in [0.15, 0.2) is 24.3 Å². The van der Waals surface area contributed by atoms with Crippen LogP contribution < -0.4 is 4.74 Å². The fourth-order valence-corrected chi connectivity index (χ4v) is 4.42. The molecule has 0 spiro atoms. The van der Waals surface area contributed by atoms with Crippen LogP contribution >= 0.6 is 0 Å². The molecule has 2 atom stereocenters. The number of hydrogen-bond acceptors (Lipinski definition) is 2. The van der Waals surface area contributed by atoms with Gasteiger partial charge in [0.15, 0.2) is 0 Å². The van der Waals surface area contributed by atoms with Gasteiger partial charge in [0.2, 0.25) is 6.29 Å². The van der Waals surface area contributed by atoms with Crippen molar-refractivity contribution >= 4 is 0 Å². The minimum atomic E-state index is -0.161. The number of benzene rings is 1. The van der Waals surface area contributed by atoms with E-state index >= 15 is 0 Å². The zero-order valence-corrected chi connectivity index (χ0v) is 24.7. The normalized spacial score (nSPS) is 16.5. The van der Waals surface area contributed by atoms with Crippen molar-refractivity contribution in [3.63, 3.8) is 0 Å². The van der Waals surface area contributed by atoms with Gasteiger partial charge in [-0.05, 0) is 54.2 Å². The second kappa shape index (κ2) is 17.5. The van der Waals surface area contributed by atoms with E-state index in [1.54, 1.807) is 0 Å². The summed E-state index contributed by atoms with van der Waals surface area (Å²) in [6.07, 6.45) is 9.22. The summed E-state index contributed by atoms with van der Waals surface area (Å²) in [5.74, 6) is 4.10. The molecule has 2 unspecified atom stereocenters. The van der Waals surface area contributed by atoms with Crippen molar-refractivity contribution in [2.45, 2.75) is 113 Å².